The van der Waals surface area contributed by atoms with Gasteiger partial charge in [0, 0.05) is 17.9 Å². The van der Waals surface area contributed by atoms with E-state index in [1.54, 1.807) is 13.8 Å². The smallest absolute Gasteiger partial charge is 0.279 e. The molecule has 0 radical (unpaired) electrons. The molecule has 7 nitrogen and oxygen atoms in total. The van der Waals surface area contributed by atoms with E-state index in [4.69, 9.17) is 14.2 Å². The van der Waals surface area contributed by atoms with Gasteiger partial charge in [-0.05, 0) is 37.8 Å². The van der Waals surface area contributed by atoms with Crippen LogP contribution in [0.25, 0.3) is 0 Å². The van der Waals surface area contributed by atoms with E-state index in [1.807, 2.05) is 6.92 Å². The van der Waals surface area contributed by atoms with Crippen LogP contribution in [0.2, 0.25) is 0 Å². The zero-order valence-corrected chi connectivity index (χ0v) is 15.0. The van der Waals surface area contributed by atoms with E-state index in [1.165, 1.54) is 7.11 Å². The van der Waals surface area contributed by atoms with E-state index in [-0.39, 0.29) is 28.4 Å². The van der Waals surface area contributed by atoms with Gasteiger partial charge in [0.05, 0.1) is 30.3 Å². The van der Waals surface area contributed by atoms with Gasteiger partial charge in [-0.1, -0.05) is 6.92 Å². The number of ether oxygens (including phenoxy) is 3. The zero-order valence-electron chi connectivity index (χ0n) is 15.0. The molecular formula is C18H23NO6. The Kier molecular flexibility index (Phi) is 4.79. The largest absolute Gasteiger partial charge is 0.496 e. The highest BCUT2D eigenvalue weighted by molar-refractivity contribution is 5.81. The maximum Gasteiger partial charge on any atom is 0.279 e. The number of carbonyl (C=O) groups excluding carboxylic acids is 1. The Morgan fingerprint density at radius 3 is 2.68 bits per heavy atom. The van der Waals surface area contributed by atoms with Gasteiger partial charge in [-0.2, -0.15) is 0 Å². The van der Waals surface area contributed by atoms with Gasteiger partial charge in [0.1, 0.15) is 5.75 Å². The van der Waals surface area contributed by atoms with Gasteiger partial charge in [0.15, 0.2) is 5.78 Å². The van der Waals surface area contributed by atoms with Gasteiger partial charge in [-0.25, -0.2) is 0 Å². The van der Waals surface area contributed by atoms with Crippen LogP contribution in [-0.2, 0) is 20.7 Å². The Hall–Kier alpha value is -1.99. The van der Waals surface area contributed by atoms with Crippen LogP contribution in [-0.4, -0.2) is 36.8 Å². The van der Waals surface area contributed by atoms with Crippen molar-refractivity contribution in [2.75, 3.05) is 13.7 Å². The summed E-state index contributed by atoms with van der Waals surface area (Å²) >= 11 is 0. The number of hydrogen-bond acceptors (Lipinski definition) is 6. The molecular weight excluding hydrogens is 326 g/mol. The molecule has 0 saturated carbocycles. The topological polar surface area (TPSA) is 87.9 Å². The van der Waals surface area contributed by atoms with Crippen molar-refractivity contribution < 1.29 is 23.9 Å². The summed E-state index contributed by atoms with van der Waals surface area (Å²) in [6, 6.07) is 0. The first-order chi connectivity index (χ1) is 11.9. The predicted octanol–water partition coefficient (Wildman–Crippen LogP) is 2.97. The summed E-state index contributed by atoms with van der Waals surface area (Å²) in [4.78, 5) is 23.2. The van der Waals surface area contributed by atoms with Crippen molar-refractivity contribution in [3.8, 4) is 5.75 Å². The number of nitro benzene ring substituents is 1. The third kappa shape index (κ3) is 2.81. The second-order valence-corrected chi connectivity index (χ2v) is 6.59. The highest BCUT2D eigenvalue weighted by atomic mass is 16.7. The lowest BCUT2D eigenvalue weighted by molar-refractivity contribution is -0.386. The molecule has 1 aromatic carbocycles. The summed E-state index contributed by atoms with van der Waals surface area (Å²) < 4.78 is 17.0. The van der Waals surface area contributed by atoms with Gasteiger partial charge in [-0.3, -0.25) is 14.9 Å². The molecule has 1 aliphatic carbocycles. The number of carbonyl (C=O) groups is 1. The first kappa shape index (κ1) is 17.8. The molecule has 136 valence electrons. The Bertz CT molecular complexity index is 729. The van der Waals surface area contributed by atoms with Gasteiger partial charge in [0.2, 0.25) is 6.29 Å². The number of fused-ring (bicyclic) bond motifs is 3. The van der Waals surface area contributed by atoms with Crippen LogP contribution in [0.5, 0.6) is 5.75 Å². The number of benzene rings is 1. The fourth-order valence-corrected chi connectivity index (χ4v) is 4.15. The van der Waals surface area contributed by atoms with Crippen LogP contribution >= 0.6 is 0 Å². The van der Waals surface area contributed by atoms with Gasteiger partial charge in [-0.15, -0.1) is 0 Å². The summed E-state index contributed by atoms with van der Waals surface area (Å²) in [6.07, 6.45) is 0.547. The van der Waals surface area contributed by atoms with Crippen molar-refractivity contribution in [3.05, 3.63) is 32.4 Å². The number of Topliss-reactive ketones (excluding diaryl/α,β-unsaturated/α-hetero) is 1. The number of ketones is 1. The van der Waals surface area contributed by atoms with Crippen molar-refractivity contribution in [3.63, 3.8) is 0 Å². The second kappa shape index (κ2) is 6.72. The van der Waals surface area contributed by atoms with Crippen molar-refractivity contribution in [1.82, 2.24) is 0 Å². The molecule has 1 saturated heterocycles. The minimum atomic E-state index is -0.824. The van der Waals surface area contributed by atoms with Crippen molar-refractivity contribution in [2.45, 2.75) is 58.3 Å². The molecule has 3 unspecified atom stereocenters. The van der Waals surface area contributed by atoms with Crippen LogP contribution in [0.3, 0.4) is 0 Å². The maximum absolute atomic E-state index is 11.9. The molecule has 1 aliphatic heterocycles. The first-order valence-electron chi connectivity index (χ1n) is 8.54. The molecule has 0 bridgehead atoms. The standard InChI is InChI=1S/C18H23NO6/c1-5-13(20)18-24-8-12-14(25-18)7-6-11-15(12)9(2)17(23-4)10(3)16(11)19(21)22/h12,14,18H,5-8H2,1-4H3. The molecule has 7 heteroatoms. The molecule has 3 atom stereocenters. The zero-order chi connectivity index (χ0) is 18.3. The lowest BCUT2D eigenvalue weighted by atomic mass is 9.76. The van der Waals surface area contributed by atoms with Crippen LogP contribution in [0.1, 0.15) is 47.9 Å². The minimum Gasteiger partial charge on any atom is -0.496 e. The monoisotopic (exact) mass is 349 g/mol. The Balaban J connectivity index is 2.07. The lowest BCUT2D eigenvalue weighted by Crippen LogP contribution is -2.44. The number of methoxy groups -OCH3 is 1. The number of nitro groups is 1. The van der Waals surface area contributed by atoms with Gasteiger partial charge < -0.3 is 14.2 Å². The second-order valence-electron chi connectivity index (χ2n) is 6.59. The molecule has 0 aromatic heterocycles. The van der Waals surface area contributed by atoms with Crippen LogP contribution in [0, 0.1) is 24.0 Å². The quantitative estimate of drug-likeness (QED) is 0.613. The fourth-order valence-electron chi connectivity index (χ4n) is 4.15. The summed E-state index contributed by atoms with van der Waals surface area (Å²) in [7, 11) is 1.52. The average molecular weight is 349 g/mol. The molecule has 0 N–H and O–H groups in total. The molecule has 0 spiro atoms. The molecule has 2 aliphatic rings. The molecule has 0 amide bonds. The third-order valence-corrected chi connectivity index (χ3v) is 5.27. The number of rotatable bonds is 4. The van der Waals surface area contributed by atoms with Gasteiger partial charge in [0.25, 0.3) is 5.69 Å². The fraction of sp³-hybridized carbons (Fsp3) is 0.611. The SMILES string of the molecule is CCC(=O)C1OCC2c3c(C)c(OC)c(C)c([N+](=O)[O-])c3CCC2O1. The summed E-state index contributed by atoms with van der Waals surface area (Å²) in [5.41, 5.74) is 3.20. The van der Waals surface area contributed by atoms with Gasteiger partial charge >= 0.3 is 0 Å². The Labute approximate surface area is 146 Å². The Morgan fingerprint density at radius 1 is 1.36 bits per heavy atom. The molecule has 1 heterocycles. The van der Waals surface area contributed by atoms with E-state index in [0.717, 1.165) is 16.7 Å². The molecule has 3 rings (SSSR count). The summed E-state index contributed by atoms with van der Waals surface area (Å²) in [6.45, 7) is 5.73. The van der Waals surface area contributed by atoms with E-state index in [9.17, 15) is 14.9 Å². The third-order valence-electron chi connectivity index (χ3n) is 5.27. The maximum atomic E-state index is 11.9. The minimum absolute atomic E-state index is 0.0755. The average Bonchev–Trinajstić information content (AvgIpc) is 2.60. The molecule has 1 fully saturated rings. The summed E-state index contributed by atoms with van der Waals surface area (Å²) in [5.74, 6) is 0.337. The van der Waals surface area contributed by atoms with E-state index < -0.39 is 6.29 Å². The Morgan fingerprint density at radius 2 is 2.08 bits per heavy atom. The highest BCUT2D eigenvalue weighted by Gasteiger charge is 2.43. The van der Waals surface area contributed by atoms with E-state index >= 15 is 0 Å². The number of nitrogens with zero attached hydrogens (tertiary/aromatic N) is 1. The van der Waals surface area contributed by atoms with Crippen LogP contribution < -0.4 is 4.74 Å². The van der Waals surface area contributed by atoms with Crippen molar-refractivity contribution in [2.24, 2.45) is 0 Å². The normalized spacial score (nSPS) is 25.0. The van der Waals surface area contributed by atoms with E-state index in [2.05, 4.69) is 0 Å². The molecule has 1 aromatic rings. The number of hydrogen-bond donors (Lipinski definition) is 0. The van der Waals surface area contributed by atoms with Crippen molar-refractivity contribution in [1.29, 1.82) is 0 Å². The van der Waals surface area contributed by atoms with E-state index in [0.29, 0.717) is 37.2 Å². The van der Waals surface area contributed by atoms with Crippen LogP contribution in [0.4, 0.5) is 5.69 Å². The van der Waals surface area contributed by atoms with Crippen LogP contribution in [0.15, 0.2) is 0 Å². The lowest BCUT2D eigenvalue weighted by Gasteiger charge is -2.40. The highest BCUT2D eigenvalue weighted by Crippen LogP contribution is 2.47. The molecule has 25 heavy (non-hydrogen) atoms. The first-order valence-corrected chi connectivity index (χ1v) is 8.54. The predicted molar refractivity (Wildman–Crippen MR) is 90.1 cm³/mol. The summed E-state index contributed by atoms with van der Waals surface area (Å²) in [5, 5.41) is 11.7. The van der Waals surface area contributed by atoms with Crippen molar-refractivity contribution >= 4 is 11.5 Å².